The Bertz CT molecular complexity index is 862. The van der Waals surface area contributed by atoms with Crippen LogP contribution in [0, 0.1) is 0 Å². The molecule has 1 heterocycles. The molecule has 3 rings (SSSR count). The molecule has 6 heteroatoms. The molecule has 0 spiro atoms. The first kappa shape index (κ1) is 22.8. The van der Waals surface area contributed by atoms with Gasteiger partial charge in [-0.15, -0.1) is 0 Å². The fourth-order valence-corrected chi connectivity index (χ4v) is 3.58. The molecule has 0 aromatic heterocycles. The average Bonchev–Trinajstić information content (AvgIpc) is 2.82. The number of para-hydroxylation sites is 1. The second-order valence-corrected chi connectivity index (χ2v) is 7.61. The summed E-state index contributed by atoms with van der Waals surface area (Å²) in [6.07, 6.45) is 5.43. The van der Waals surface area contributed by atoms with E-state index in [1.807, 2.05) is 48.5 Å². The van der Waals surface area contributed by atoms with Crippen molar-refractivity contribution in [3.8, 4) is 11.5 Å². The lowest BCUT2D eigenvalue weighted by Gasteiger charge is -2.31. The molecular formula is C25H32N2O4. The van der Waals surface area contributed by atoms with Gasteiger partial charge >= 0.3 is 0 Å². The SMILES string of the molecule is COc1ccccc1/C=C/C(=O)NCc1cccc(OCCN(C)C2CCOCC2)c1. The quantitative estimate of drug-likeness (QED) is 0.592. The molecule has 6 nitrogen and oxygen atoms in total. The lowest BCUT2D eigenvalue weighted by atomic mass is 10.1. The van der Waals surface area contributed by atoms with Crippen molar-refractivity contribution in [3.05, 3.63) is 65.7 Å². The van der Waals surface area contributed by atoms with Gasteiger partial charge in [-0.25, -0.2) is 0 Å². The molecule has 2 aromatic carbocycles. The van der Waals surface area contributed by atoms with Crippen LogP contribution in [0.3, 0.4) is 0 Å². The Morgan fingerprint density at radius 2 is 2.00 bits per heavy atom. The highest BCUT2D eigenvalue weighted by atomic mass is 16.5. The molecule has 0 unspecified atom stereocenters. The summed E-state index contributed by atoms with van der Waals surface area (Å²) in [6.45, 7) is 3.63. The molecule has 1 fully saturated rings. The number of rotatable bonds is 10. The number of carbonyl (C=O) groups is 1. The van der Waals surface area contributed by atoms with Gasteiger partial charge in [-0.2, -0.15) is 0 Å². The van der Waals surface area contributed by atoms with E-state index in [2.05, 4.69) is 17.3 Å². The monoisotopic (exact) mass is 424 g/mol. The van der Waals surface area contributed by atoms with E-state index in [1.165, 1.54) is 6.08 Å². The van der Waals surface area contributed by atoms with Crippen LogP contribution in [-0.2, 0) is 16.1 Å². The van der Waals surface area contributed by atoms with Crippen molar-refractivity contribution in [1.82, 2.24) is 10.2 Å². The Hall–Kier alpha value is -2.83. The molecule has 1 aliphatic rings. The van der Waals surface area contributed by atoms with Crippen LogP contribution in [0.4, 0.5) is 0 Å². The number of amides is 1. The molecule has 1 N–H and O–H groups in total. The Kier molecular flexibility index (Phi) is 8.94. The first-order chi connectivity index (χ1) is 15.2. The maximum atomic E-state index is 12.2. The zero-order valence-electron chi connectivity index (χ0n) is 18.4. The number of ether oxygens (including phenoxy) is 3. The Morgan fingerprint density at radius 3 is 2.81 bits per heavy atom. The van der Waals surface area contributed by atoms with E-state index in [-0.39, 0.29) is 5.91 Å². The van der Waals surface area contributed by atoms with Gasteiger partial charge in [0.2, 0.25) is 5.91 Å². The van der Waals surface area contributed by atoms with Crippen molar-refractivity contribution in [3.63, 3.8) is 0 Å². The summed E-state index contributed by atoms with van der Waals surface area (Å²) in [5.41, 5.74) is 1.86. The molecule has 0 atom stereocenters. The fourth-order valence-electron chi connectivity index (χ4n) is 3.58. The Labute approximate surface area is 184 Å². The zero-order chi connectivity index (χ0) is 21.9. The summed E-state index contributed by atoms with van der Waals surface area (Å²) in [6, 6.07) is 16.0. The summed E-state index contributed by atoms with van der Waals surface area (Å²) >= 11 is 0. The predicted octanol–water partition coefficient (Wildman–Crippen LogP) is 3.51. The van der Waals surface area contributed by atoms with Crippen molar-refractivity contribution < 1.29 is 19.0 Å². The van der Waals surface area contributed by atoms with Crippen LogP contribution >= 0.6 is 0 Å². The van der Waals surface area contributed by atoms with Gasteiger partial charge in [0, 0.05) is 44.0 Å². The van der Waals surface area contributed by atoms with E-state index in [9.17, 15) is 4.79 Å². The van der Waals surface area contributed by atoms with Crippen LogP contribution in [0.2, 0.25) is 0 Å². The molecule has 1 amide bonds. The standard InChI is InChI=1S/C25H32N2O4/c1-27(22-12-15-30-16-13-22)14-17-31-23-8-5-6-20(18-23)19-26-25(28)11-10-21-7-3-4-9-24(21)29-2/h3-11,18,22H,12-17,19H2,1-2H3,(H,26,28)/b11-10+. The third-order valence-corrected chi connectivity index (χ3v) is 5.45. The molecule has 1 saturated heterocycles. The van der Waals surface area contributed by atoms with E-state index >= 15 is 0 Å². The third-order valence-electron chi connectivity index (χ3n) is 5.45. The topological polar surface area (TPSA) is 60.0 Å². The van der Waals surface area contributed by atoms with E-state index in [4.69, 9.17) is 14.2 Å². The van der Waals surface area contributed by atoms with Crippen molar-refractivity contribution in [2.45, 2.75) is 25.4 Å². The number of hydrogen-bond acceptors (Lipinski definition) is 5. The van der Waals surface area contributed by atoms with Crippen LogP contribution in [0.25, 0.3) is 6.08 Å². The van der Waals surface area contributed by atoms with Crippen molar-refractivity contribution >= 4 is 12.0 Å². The minimum Gasteiger partial charge on any atom is -0.496 e. The summed E-state index contributed by atoms with van der Waals surface area (Å²) in [4.78, 5) is 14.5. The summed E-state index contributed by atoms with van der Waals surface area (Å²) in [5, 5.41) is 2.91. The number of hydrogen-bond donors (Lipinski definition) is 1. The highest BCUT2D eigenvalue weighted by Crippen LogP contribution is 2.18. The molecular weight excluding hydrogens is 392 g/mol. The van der Waals surface area contributed by atoms with Crippen LogP contribution in [-0.4, -0.2) is 57.4 Å². The van der Waals surface area contributed by atoms with Gasteiger partial charge in [-0.3, -0.25) is 9.69 Å². The number of benzene rings is 2. The number of nitrogens with zero attached hydrogens (tertiary/aromatic N) is 1. The highest BCUT2D eigenvalue weighted by Gasteiger charge is 2.17. The summed E-state index contributed by atoms with van der Waals surface area (Å²) < 4.78 is 16.7. The van der Waals surface area contributed by atoms with E-state index in [1.54, 1.807) is 13.2 Å². The van der Waals surface area contributed by atoms with Crippen LogP contribution < -0.4 is 14.8 Å². The zero-order valence-corrected chi connectivity index (χ0v) is 18.4. The molecule has 0 radical (unpaired) electrons. The van der Waals surface area contributed by atoms with Gasteiger partial charge in [0.1, 0.15) is 18.1 Å². The molecule has 31 heavy (non-hydrogen) atoms. The third kappa shape index (κ3) is 7.42. The smallest absolute Gasteiger partial charge is 0.244 e. The van der Waals surface area contributed by atoms with E-state index < -0.39 is 0 Å². The Morgan fingerprint density at radius 1 is 1.19 bits per heavy atom. The van der Waals surface area contributed by atoms with E-state index in [0.717, 1.165) is 55.2 Å². The summed E-state index contributed by atoms with van der Waals surface area (Å²) in [5.74, 6) is 1.39. The molecule has 2 aromatic rings. The number of nitrogens with one attached hydrogen (secondary N) is 1. The van der Waals surface area contributed by atoms with Gasteiger partial charge in [-0.05, 0) is 49.7 Å². The first-order valence-corrected chi connectivity index (χ1v) is 10.7. The molecule has 0 saturated carbocycles. The average molecular weight is 425 g/mol. The van der Waals surface area contributed by atoms with Crippen molar-refractivity contribution in [1.29, 1.82) is 0 Å². The molecule has 0 aliphatic carbocycles. The normalized spacial score (nSPS) is 14.7. The van der Waals surface area contributed by atoms with Crippen LogP contribution in [0.1, 0.15) is 24.0 Å². The largest absolute Gasteiger partial charge is 0.496 e. The lowest BCUT2D eigenvalue weighted by molar-refractivity contribution is -0.116. The van der Waals surface area contributed by atoms with Crippen molar-refractivity contribution in [2.24, 2.45) is 0 Å². The summed E-state index contributed by atoms with van der Waals surface area (Å²) in [7, 11) is 3.76. The van der Waals surface area contributed by atoms with Gasteiger partial charge in [0.05, 0.1) is 7.11 Å². The van der Waals surface area contributed by atoms with Gasteiger partial charge in [0.15, 0.2) is 0 Å². The van der Waals surface area contributed by atoms with Gasteiger partial charge in [0.25, 0.3) is 0 Å². The fraction of sp³-hybridized carbons (Fsp3) is 0.400. The molecule has 0 bridgehead atoms. The van der Waals surface area contributed by atoms with Crippen LogP contribution in [0.5, 0.6) is 11.5 Å². The van der Waals surface area contributed by atoms with Crippen LogP contribution in [0.15, 0.2) is 54.6 Å². The first-order valence-electron chi connectivity index (χ1n) is 10.7. The Balaban J connectivity index is 1.43. The van der Waals surface area contributed by atoms with Gasteiger partial charge < -0.3 is 19.5 Å². The number of methoxy groups -OCH3 is 1. The minimum atomic E-state index is -0.157. The van der Waals surface area contributed by atoms with E-state index in [0.29, 0.717) is 19.2 Å². The van der Waals surface area contributed by atoms with Crippen molar-refractivity contribution in [2.75, 3.05) is 40.5 Å². The number of carbonyl (C=O) groups excluding carboxylic acids is 1. The molecule has 1 aliphatic heterocycles. The maximum absolute atomic E-state index is 12.2. The lowest BCUT2D eigenvalue weighted by Crippen LogP contribution is -2.38. The van der Waals surface area contributed by atoms with Gasteiger partial charge in [-0.1, -0.05) is 30.3 Å². The predicted molar refractivity (Wildman–Crippen MR) is 122 cm³/mol. The number of likely N-dealkylation sites (N-methyl/N-ethyl adjacent to an activating group) is 1. The maximum Gasteiger partial charge on any atom is 0.244 e. The second-order valence-electron chi connectivity index (χ2n) is 7.61. The molecule has 166 valence electrons. The minimum absolute atomic E-state index is 0.157. The highest BCUT2D eigenvalue weighted by molar-refractivity contribution is 5.92. The second kappa shape index (κ2) is 12.1.